The van der Waals surface area contributed by atoms with Crippen LogP contribution in [-0.2, 0) is 20.0 Å². The highest BCUT2D eigenvalue weighted by atomic mass is 35.5. The summed E-state index contributed by atoms with van der Waals surface area (Å²) in [6, 6.07) is 1.36. The van der Waals surface area contributed by atoms with Gasteiger partial charge in [-0.2, -0.15) is 5.10 Å². The van der Waals surface area contributed by atoms with E-state index in [0.29, 0.717) is 6.54 Å². The Morgan fingerprint density at radius 2 is 2.16 bits per heavy atom. The van der Waals surface area contributed by atoms with Crippen LogP contribution in [0.25, 0.3) is 0 Å². The van der Waals surface area contributed by atoms with E-state index in [2.05, 4.69) is 10.1 Å². The molecule has 0 saturated carbocycles. The largest absolute Gasteiger partial charge is 0.296 e. The van der Waals surface area contributed by atoms with Gasteiger partial charge in [0.2, 0.25) is 0 Å². The molecule has 102 valence electrons. The van der Waals surface area contributed by atoms with Crippen molar-refractivity contribution in [1.82, 2.24) is 19.3 Å². The van der Waals surface area contributed by atoms with Crippen LogP contribution >= 0.6 is 11.6 Å². The molecule has 0 unspecified atom stereocenters. The second kappa shape index (κ2) is 5.57. The molecule has 5 nitrogen and oxygen atoms in total. The molecule has 19 heavy (non-hydrogen) atoms. The summed E-state index contributed by atoms with van der Waals surface area (Å²) in [5.41, 5.74) is 0.992. The van der Waals surface area contributed by atoms with E-state index in [0.717, 1.165) is 17.8 Å². The third-order valence-electron chi connectivity index (χ3n) is 2.91. The van der Waals surface area contributed by atoms with Crippen molar-refractivity contribution in [2.75, 3.05) is 0 Å². The molecule has 0 amide bonds. The van der Waals surface area contributed by atoms with Crippen LogP contribution in [0.15, 0.2) is 23.3 Å². The number of halogens is 1. The number of aryl methyl sites for hydroxylation is 2. The van der Waals surface area contributed by atoms with Gasteiger partial charge in [0.05, 0.1) is 6.20 Å². The maximum absolute atomic E-state index is 12.0. The minimum absolute atomic E-state index is 0.104. The Kier molecular flexibility index (Phi) is 4.04. The third kappa shape index (κ3) is 3.23. The summed E-state index contributed by atoms with van der Waals surface area (Å²) < 4.78 is 3.44. The van der Waals surface area contributed by atoms with E-state index in [4.69, 9.17) is 11.6 Å². The SMILES string of the molecule is CC(C)c1nc(Cl)cc(=O)n1CCc1cnn(C)c1. The van der Waals surface area contributed by atoms with Crippen LogP contribution < -0.4 is 5.56 Å². The topological polar surface area (TPSA) is 52.7 Å². The van der Waals surface area contributed by atoms with Gasteiger partial charge in [-0.15, -0.1) is 0 Å². The lowest BCUT2D eigenvalue weighted by Crippen LogP contribution is -2.26. The van der Waals surface area contributed by atoms with Crippen molar-refractivity contribution in [3.05, 3.63) is 45.4 Å². The standard InChI is InChI=1S/C13H17ClN4O/c1-9(2)13-16-11(14)6-12(19)18(13)5-4-10-7-15-17(3)8-10/h6-9H,4-5H2,1-3H3. The van der Waals surface area contributed by atoms with Crippen molar-refractivity contribution in [2.24, 2.45) is 7.05 Å². The maximum Gasteiger partial charge on any atom is 0.254 e. The van der Waals surface area contributed by atoms with Crippen molar-refractivity contribution < 1.29 is 0 Å². The van der Waals surface area contributed by atoms with Gasteiger partial charge in [0.1, 0.15) is 11.0 Å². The van der Waals surface area contributed by atoms with Crippen LogP contribution in [0.4, 0.5) is 0 Å². The third-order valence-corrected chi connectivity index (χ3v) is 3.10. The van der Waals surface area contributed by atoms with Gasteiger partial charge in [-0.25, -0.2) is 4.98 Å². The molecule has 0 aliphatic heterocycles. The zero-order valence-electron chi connectivity index (χ0n) is 11.3. The average molecular weight is 281 g/mol. The van der Waals surface area contributed by atoms with Crippen LogP contribution in [0.3, 0.4) is 0 Å². The van der Waals surface area contributed by atoms with Crippen molar-refractivity contribution in [3.8, 4) is 0 Å². The highest BCUT2D eigenvalue weighted by Crippen LogP contribution is 2.13. The molecule has 0 N–H and O–H groups in total. The first-order valence-electron chi connectivity index (χ1n) is 6.22. The predicted molar refractivity (Wildman–Crippen MR) is 74.5 cm³/mol. The fraction of sp³-hybridized carbons (Fsp3) is 0.462. The van der Waals surface area contributed by atoms with Gasteiger partial charge >= 0.3 is 0 Å². The van der Waals surface area contributed by atoms with E-state index in [-0.39, 0.29) is 16.6 Å². The number of rotatable bonds is 4. The van der Waals surface area contributed by atoms with Crippen LogP contribution in [0, 0.1) is 0 Å². The molecule has 2 aromatic rings. The Hall–Kier alpha value is -1.62. The Morgan fingerprint density at radius 3 is 2.74 bits per heavy atom. The molecule has 0 aromatic carbocycles. The fourth-order valence-corrected chi connectivity index (χ4v) is 2.18. The molecule has 0 aliphatic rings. The highest BCUT2D eigenvalue weighted by molar-refractivity contribution is 6.29. The lowest BCUT2D eigenvalue weighted by atomic mass is 10.2. The molecule has 6 heteroatoms. The van der Waals surface area contributed by atoms with Gasteiger partial charge in [0.25, 0.3) is 5.56 Å². The molecule has 2 rings (SSSR count). The summed E-state index contributed by atoms with van der Waals surface area (Å²) in [7, 11) is 1.87. The molecule has 0 radical (unpaired) electrons. The second-order valence-corrected chi connectivity index (χ2v) is 5.24. The fourth-order valence-electron chi connectivity index (χ4n) is 2.00. The molecule has 2 heterocycles. The summed E-state index contributed by atoms with van der Waals surface area (Å²) in [6.45, 7) is 4.58. The summed E-state index contributed by atoms with van der Waals surface area (Å²) in [6.07, 6.45) is 4.50. The Balaban J connectivity index is 2.26. The van der Waals surface area contributed by atoms with E-state index in [1.54, 1.807) is 9.25 Å². The summed E-state index contributed by atoms with van der Waals surface area (Å²) in [5, 5.41) is 4.37. The Bertz CT molecular complexity index is 630. The average Bonchev–Trinajstić information content (AvgIpc) is 2.73. The minimum atomic E-state index is -0.104. The number of hydrogen-bond acceptors (Lipinski definition) is 3. The van der Waals surface area contributed by atoms with Crippen molar-refractivity contribution in [1.29, 1.82) is 0 Å². The zero-order valence-corrected chi connectivity index (χ0v) is 12.1. The molecule has 0 fully saturated rings. The monoisotopic (exact) mass is 280 g/mol. The first kappa shape index (κ1) is 13.8. The lowest BCUT2D eigenvalue weighted by Gasteiger charge is -2.14. The van der Waals surface area contributed by atoms with E-state index in [1.165, 1.54) is 6.07 Å². The Morgan fingerprint density at radius 1 is 1.42 bits per heavy atom. The van der Waals surface area contributed by atoms with Crippen LogP contribution in [0.2, 0.25) is 5.15 Å². The molecular formula is C13H17ClN4O. The molecule has 2 aromatic heterocycles. The number of aromatic nitrogens is 4. The minimum Gasteiger partial charge on any atom is -0.296 e. The molecule has 0 bridgehead atoms. The first-order chi connectivity index (χ1) is 8.97. The smallest absolute Gasteiger partial charge is 0.254 e. The zero-order chi connectivity index (χ0) is 14.0. The van der Waals surface area contributed by atoms with Gasteiger partial charge in [-0.1, -0.05) is 25.4 Å². The highest BCUT2D eigenvalue weighted by Gasteiger charge is 2.11. The molecule has 0 spiro atoms. The molecule has 0 atom stereocenters. The summed E-state index contributed by atoms with van der Waals surface area (Å²) in [5.74, 6) is 0.877. The quantitative estimate of drug-likeness (QED) is 0.805. The second-order valence-electron chi connectivity index (χ2n) is 4.85. The normalized spacial score (nSPS) is 11.2. The number of hydrogen-bond donors (Lipinski definition) is 0. The van der Waals surface area contributed by atoms with Crippen molar-refractivity contribution >= 4 is 11.6 Å². The van der Waals surface area contributed by atoms with E-state index < -0.39 is 0 Å². The van der Waals surface area contributed by atoms with Gasteiger partial charge < -0.3 is 0 Å². The van der Waals surface area contributed by atoms with Gasteiger partial charge in [-0.05, 0) is 12.0 Å². The van der Waals surface area contributed by atoms with Gasteiger partial charge in [-0.3, -0.25) is 14.0 Å². The van der Waals surface area contributed by atoms with Crippen LogP contribution in [0.1, 0.15) is 31.2 Å². The predicted octanol–water partition coefficient (Wildman–Crippen LogP) is 2.00. The van der Waals surface area contributed by atoms with Crippen molar-refractivity contribution in [3.63, 3.8) is 0 Å². The molecule has 0 aliphatic carbocycles. The first-order valence-corrected chi connectivity index (χ1v) is 6.60. The van der Waals surface area contributed by atoms with E-state index in [1.807, 2.05) is 33.3 Å². The van der Waals surface area contributed by atoms with Crippen LogP contribution in [0.5, 0.6) is 0 Å². The Labute approximate surface area is 116 Å². The summed E-state index contributed by atoms with van der Waals surface area (Å²) in [4.78, 5) is 16.3. The maximum atomic E-state index is 12.0. The van der Waals surface area contributed by atoms with Crippen molar-refractivity contribution in [2.45, 2.75) is 32.7 Å². The lowest BCUT2D eigenvalue weighted by molar-refractivity contribution is 0.580. The number of nitrogens with zero attached hydrogens (tertiary/aromatic N) is 4. The molecular weight excluding hydrogens is 264 g/mol. The van der Waals surface area contributed by atoms with Gasteiger partial charge in [0, 0.05) is 31.8 Å². The van der Waals surface area contributed by atoms with Gasteiger partial charge in [0.15, 0.2) is 0 Å². The van der Waals surface area contributed by atoms with Crippen LogP contribution in [-0.4, -0.2) is 19.3 Å². The summed E-state index contributed by atoms with van der Waals surface area (Å²) >= 11 is 5.85. The van der Waals surface area contributed by atoms with E-state index in [9.17, 15) is 4.79 Å². The molecule has 0 saturated heterocycles. The van der Waals surface area contributed by atoms with E-state index >= 15 is 0 Å².